The van der Waals surface area contributed by atoms with E-state index in [1.165, 1.54) is 12.1 Å². The Kier molecular flexibility index (Phi) is 5.62. The molecule has 0 aromatic heterocycles. The highest BCUT2D eigenvalue weighted by atomic mass is 19.1. The first-order valence-electron chi connectivity index (χ1n) is 8.39. The first-order valence-corrected chi connectivity index (χ1v) is 8.39. The lowest BCUT2D eigenvalue weighted by Gasteiger charge is -2.17. The van der Waals surface area contributed by atoms with Crippen LogP contribution in [0.3, 0.4) is 0 Å². The summed E-state index contributed by atoms with van der Waals surface area (Å²) >= 11 is 0. The SMILES string of the molecule is CC(NCc1cccc(-c2ccc(F)cc2)c1)Oc1cccc(C#N)c1. The lowest BCUT2D eigenvalue weighted by Crippen LogP contribution is -2.30. The Bertz CT molecular complexity index is 916. The maximum absolute atomic E-state index is 13.1. The molecule has 1 N–H and O–H groups in total. The van der Waals surface area contributed by atoms with Crippen LogP contribution in [-0.2, 0) is 6.54 Å². The van der Waals surface area contributed by atoms with Gasteiger partial charge in [0.05, 0.1) is 11.6 Å². The molecular weight excluding hydrogens is 327 g/mol. The molecule has 0 fully saturated rings. The van der Waals surface area contributed by atoms with Crippen LogP contribution in [-0.4, -0.2) is 6.23 Å². The third-order valence-electron chi connectivity index (χ3n) is 3.97. The third-order valence-corrected chi connectivity index (χ3v) is 3.97. The van der Waals surface area contributed by atoms with Crippen molar-refractivity contribution in [3.05, 3.63) is 89.7 Å². The molecule has 0 aliphatic rings. The van der Waals surface area contributed by atoms with E-state index in [-0.39, 0.29) is 12.0 Å². The summed E-state index contributed by atoms with van der Waals surface area (Å²) in [7, 11) is 0. The number of hydrogen-bond donors (Lipinski definition) is 1. The van der Waals surface area contributed by atoms with Crippen molar-refractivity contribution in [1.82, 2.24) is 5.32 Å². The number of hydrogen-bond acceptors (Lipinski definition) is 3. The first-order chi connectivity index (χ1) is 12.6. The lowest BCUT2D eigenvalue weighted by atomic mass is 10.0. The molecule has 0 bridgehead atoms. The molecule has 3 nitrogen and oxygen atoms in total. The summed E-state index contributed by atoms with van der Waals surface area (Å²) in [6.07, 6.45) is -0.210. The molecule has 3 rings (SSSR count). The smallest absolute Gasteiger partial charge is 0.147 e. The van der Waals surface area contributed by atoms with Gasteiger partial charge in [-0.3, -0.25) is 5.32 Å². The van der Waals surface area contributed by atoms with Gasteiger partial charge in [0.1, 0.15) is 17.8 Å². The molecule has 26 heavy (non-hydrogen) atoms. The largest absolute Gasteiger partial charge is 0.476 e. The molecule has 4 heteroatoms. The van der Waals surface area contributed by atoms with Crippen LogP contribution in [0, 0.1) is 17.1 Å². The van der Waals surface area contributed by atoms with Crippen LogP contribution in [0.15, 0.2) is 72.8 Å². The van der Waals surface area contributed by atoms with Crippen LogP contribution in [0.25, 0.3) is 11.1 Å². The summed E-state index contributed by atoms with van der Waals surface area (Å²) in [5, 5.41) is 12.2. The number of rotatable bonds is 6. The van der Waals surface area contributed by atoms with Crippen LogP contribution < -0.4 is 10.1 Å². The Morgan fingerprint density at radius 1 is 1.00 bits per heavy atom. The van der Waals surface area contributed by atoms with Crippen LogP contribution >= 0.6 is 0 Å². The van der Waals surface area contributed by atoms with Crippen LogP contribution in [0.1, 0.15) is 18.1 Å². The molecule has 0 amide bonds. The van der Waals surface area contributed by atoms with Crippen molar-refractivity contribution < 1.29 is 9.13 Å². The second kappa shape index (κ2) is 8.28. The second-order valence-corrected chi connectivity index (χ2v) is 5.99. The predicted molar refractivity (Wildman–Crippen MR) is 99.9 cm³/mol. The van der Waals surface area contributed by atoms with Gasteiger partial charge in [0, 0.05) is 6.54 Å². The van der Waals surface area contributed by atoms with Crippen molar-refractivity contribution >= 4 is 0 Å². The van der Waals surface area contributed by atoms with Crippen LogP contribution in [0.4, 0.5) is 4.39 Å². The topological polar surface area (TPSA) is 45.0 Å². The summed E-state index contributed by atoms with van der Waals surface area (Å²) in [6.45, 7) is 2.55. The minimum atomic E-state index is -0.238. The van der Waals surface area contributed by atoms with E-state index in [1.54, 1.807) is 30.3 Å². The Morgan fingerprint density at radius 2 is 1.77 bits per heavy atom. The zero-order valence-corrected chi connectivity index (χ0v) is 14.4. The summed E-state index contributed by atoms with van der Waals surface area (Å²) in [5.41, 5.74) is 3.69. The Hall–Kier alpha value is -3.16. The maximum Gasteiger partial charge on any atom is 0.147 e. The van der Waals surface area contributed by atoms with Crippen molar-refractivity contribution in [2.75, 3.05) is 0 Å². The van der Waals surface area contributed by atoms with E-state index in [1.807, 2.05) is 31.2 Å². The zero-order chi connectivity index (χ0) is 18.4. The Labute approximate surface area is 152 Å². The summed E-state index contributed by atoms with van der Waals surface area (Å²) < 4.78 is 18.9. The molecule has 3 aromatic carbocycles. The molecule has 130 valence electrons. The van der Waals surface area contributed by atoms with E-state index in [0.717, 1.165) is 16.7 Å². The van der Waals surface area contributed by atoms with E-state index >= 15 is 0 Å². The summed E-state index contributed by atoms with van der Waals surface area (Å²) in [4.78, 5) is 0. The van der Waals surface area contributed by atoms with Gasteiger partial charge in [-0.25, -0.2) is 4.39 Å². The van der Waals surface area contributed by atoms with Crippen molar-refractivity contribution in [2.45, 2.75) is 19.7 Å². The van der Waals surface area contributed by atoms with Gasteiger partial charge >= 0.3 is 0 Å². The van der Waals surface area contributed by atoms with Gasteiger partial charge < -0.3 is 4.74 Å². The molecule has 0 saturated carbocycles. The van der Waals surface area contributed by atoms with Crippen LogP contribution in [0.2, 0.25) is 0 Å². The minimum absolute atomic E-state index is 0.210. The lowest BCUT2D eigenvalue weighted by molar-refractivity contribution is 0.181. The van der Waals surface area contributed by atoms with Crippen molar-refractivity contribution in [3.8, 4) is 22.9 Å². The van der Waals surface area contributed by atoms with Gasteiger partial charge in [-0.05, 0) is 60.0 Å². The number of nitrogens with one attached hydrogen (secondary N) is 1. The van der Waals surface area contributed by atoms with E-state index < -0.39 is 0 Å². The Morgan fingerprint density at radius 3 is 2.54 bits per heavy atom. The monoisotopic (exact) mass is 346 g/mol. The van der Waals surface area contributed by atoms with E-state index in [4.69, 9.17) is 10.00 Å². The van der Waals surface area contributed by atoms with E-state index in [0.29, 0.717) is 17.9 Å². The van der Waals surface area contributed by atoms with Gasteiger partial charge in [-0.1, -0.05) is 36.4 Å². The summed E-state index contributed by atoms with van der Waals surface area (Å²) in [6, 6.07) is 23.7. The fourth-order valence-corrected chi connectivity index (χ4v) is 2.65. The molecule has 0 saturated heterocycles. The average molecular weight is 346 g/mol. The standard InChI is InChI=1S/C22H19FN2O/c1-16(26-22-7-3-4-17(13-22)14-24)25-15-18-5-2-6-20(12-18)19-8-10-21(23)11-9-19/h2-13,16,25H,15H2,1H3. The molecule has 1 atom stereocenters. The number of nitrogens with zero attached hydrogens (tertiary/aromatic N) is 1. The normalized spacial score (nSPS) is 11.6. The highest BCUT2D eigenvalue weighted by Crippen LogP contribution is 2.21. The fraction of sp³-hybridized carbons (Fsp3) is 0.136. The van der Waals surface area contributed by atoms with Crippen molar-refractivity contribution in [1.29, 1.82) is 5.26 Å². The molecular formula is C22H19FN2O. The molecule has 3 aromatic rings. The predicted octanol–water partition coefficient (Wildman–Crippen LogP) is 4.88. The molecule has 0 aliphatic carbocycles. The number of nitriles is 1. The third kappa shape index (κ3) is 4.69. The first kappa shape index (κ1) is 17.7. The van der Waals surface area contributed by atoms with E-state index in [9.17, 15) is 4.39 Å². The molecule has 0 spiro atoms. The molecule has 0 radical (unpaired) electrons. The van der Waals surface area contributed by atoms with Gasteiger partial charge in [-0.15, -0.1) is 0 Å². The van der Waals surface area contributed by atoms with Gasteiger partial charge in [0.25, 0.3) is 0 Å². The number of halogens is 1. The van der Waals surface area contributed by atoms with Crippen molar-refractivity contribution in [3.63, 3.8) is 0 Å². The Balaban J connectivity index is 1.61. The molecule has 0 heterocycles. The van der Waals surface area contributed by atoms with Gasteiger partial charge in [-0.2, -0.15) is 5.26 Å². The highest BCUT2D eigenvalue weighted by molar-refractivity contribution is 5.64. The zero-order valence-electron chi connectivity index (χ0n) is 14.4. The molecule has 0 aliphatic heterocycles. The van der Waals surface area contributed by atoms with Crippen LogP contribution in [0.5, 0.6) is 5.75 Å². The fourth-order valence-electron chi connectivity index (χ4n) is 2.65. The number of ether oxygens (including phenoxy) is 1. The quantitative estimate of drug-likeness (QED) is 0.647. The average Bonchev–Trinajstić information content (AvgIpc) is 2.67. The highest BCUT2D eigenvalue weighted by Gasteiger charge is 2.05. The maximum atomic E-state index is 13.1. The van der Waals surface area contributed by atoms with E-state index in [2.05, 4.69) is 17.5 Å². The van der Waals surface area contributed by atoms with Gasteiger partial charge in [0.15, 0.2) is 0 Å². The number of benzene rings is 3. The van der Waals surface area contributed by atoms with Gasteiger partial charge in [0.2, 0.25) is 0 Å². The minimum Gasteiger partial charge on any atom is -0.476 e. The molecule has 1 unspecified atom stereocenters. The second-order valence-electron chi connectivity index (χ2n) is 5.99. The summed E-state index contributed by atoms with van der Waals surface area (Å²) in [5.74, 6) is 0.419. The van der Waals surface area contributed by atoms with Crippen molar-refractivity contribution in [2.24, 2.45) is 0 Å².